The highest BCUT2D eigenvalue weighted by atomic mass is 16.6. The fraction of sp³-hybridized carbons (Fsp3) is 0.833. The summed E-state index contributed by atoms with van der Waals surface area (Å²) in [5, 5.41) is 12.9. The zero-order chi connectivity index (χ0) is 8.43. The molecule has 1 N–H and O–H groups in total. The van der Waals surface area contributed by atoms with Crippen molar-refractivity contribution in [1.82, 2.24) is 5.32 Å². The minimum Gasteiger partial charge on any atom is -0.347 e. The molecule has 0 saturated carbocycles. The monoisotopic (exact) mass is 158 g/mol. The molecule has 0 spiro atoms. The van der Waals surface area contributed by atoms with Crippen LogP contribution in [0.25, 0.3) is 0 Å². The number of piperidine rings is 1. The van der Waals surface area contributed by atoms with E-state index >= 15 is 0 Å². The minimum atomic E-state index is -0.604. The van der Waals surface area contributed by atoms with Gasteiger partial charge in [-0.2, -0.15) is 0 Å². The molecule has 0 radical (unpaired) electrons. The normalized spacial score (nSPS) is 31.2. The Morgan fingerprint density at radius 1 is 1.73 bits per heavy atom. The van der Waals surface area contributed by atoms with E-state index in [2.05, 4.69) is 5.32 Å². The third kappa shape index (κ3) is 1.66. The maximum Gasteiger partial charge on any atom is 0.233 e. The van der Waals surface area contributed by atoms with E-state index in [-0.39, 0.29) is 23.3 Å². The molecule has 0 aromatic heterocycles. The van der Waals surface area contributed by atoms with Crippen molar-refractivity contribution in [2.75, 3.05) is 0 Å². The van der Waals surface area contributed by atoms with Gasteiger partial charge in [-0.05, 0) is 6.92 Å². The molecule has 1 fully saturated rings. The number of amides is 1. The van der Waals surface area contributed by atoms with Crippen LogP contribution >= 0.6 is 0 Å². The predicted molar refractivity (Wildman–Crippen MR) is 37.6 cm³/mol. The van der Waals surface area contributed by atoms with Gasteiger partial charge in [-0.15, -0.1) is 0 Å². The maximum absolute atomic E-state index is 10.7. The number of nitrogens with zero attached hydrogens (tertiary/aromatic N) is 1. The van der Waals surface area contributed by atoms with Crippen molar-refractivity contribution in [1.29, 1.82) is 0 Å². The number of nitrogens with one attached hydrogen (secondary N) is 1. The Morgan fingerprint density at radius 2 is 2.36 bits per heavy atom. The molecule has 11 heavy (non-hydrogen) atoms. The van der Waals surface area contributed by atoms with Crippen LogP contribution in [0.2, 0.25) is 0 Å². The predicted octanol–water partition coefficient (Wildman–Crippen LogP) is -0.0698. The van der Waals surface area contributed by atoms with Gasteiger partial charge in [0, 0.05) is 17.8 Å². The lowest BCUT2D eigenvalue weighted by molar-refractivity contribution is -0.527. The van der Waals surface area contributed by atoms with Crippen molar-refractivity contribution >= 4 is 5.91 Å². The van der Waals surface area contributed by atoms with Gasteiger partial charge in [0.25, 0.3) is 0 Å². The van der Waals surface area contributed by atoms with Gasteiger partial charge in [-0.25, -0.2) is 0 Å². The van der Waals surface area contributed by atoms with Crippen molar-refractivity contribution < 1.29 is 9.72 Å². The first kappa shape index (κ1) is 7.97. The Hall–Kier alpha value is -1.13. The quantitative estimate of drug-likeness (QED) is 0.429. The van der Waals surface area contributed by atoms with Crippen LogP contribution in [0.3, 0.4) is 0 Å². The molecule has 0 unspecified atom stereocenters. The molecule has 62 valence electrons. The molecule has 1 aliphatic heterocycles. The van der Waals surface area contributed by atoms with Crippen molar-refractivity contribution in [3.05, 3.63) is 10.1 Å². The first-order valence-electron chi connectivity index (χ1n) is 3.54. The van der Waals surface area contributed by atoms with Gasteiger partial charge in [0.1, 0.15) is 0 Å². The van der Waals surface area contributed by atoms with Crippen LogP contribution in [-0.4, -0.2) is 22.9 Å². The Labute approximate surface area is 63.9 Å². The fourth-order valence-corrected chi connectivity index (χ4v) is 1.24. The molecule has 1 aliphatic rings. The minimum absolute atomic E-state index is 0.0874. The third-order valence-corrected chi connectivity index (χ3v) is 1.90. The van der Waals surface area contributed by atoms with E-state index in [1.807, 2.05) is 0 Å². The molecule has 1 amide bonds. The summed E-state index contributed by atoms with van der Waals surface area (Å²) in [6.07, 6.45) is 0.635. The first-order chi connectivity index (χ1) is 5.11. The topological polar surface area (TPSA) is 72.2 Å². The lowest BCUT2D eigenvalue weighted by atomic mass is 10.0. The smallest absolute Gasteiger partial charge is 0.233 e. The Balaban J connectivity index is 2.57. The Morgan fingerprint density at radius 3 is 2.82 bits per heavy atom. The highest BCUT2D eigenvalue weighted by Crippen LogP contribution is 2.11. The van der Waals surface area contributed by atoms with E-state index in [0.29, 0.717) is 6.42 Å². The molecule has 1 rings (SSSR count). The van der Waals surface area contributed by atoms with Crippen LogP contribution < -0.4 is 5.32 Å². The molecular formula is C6H10N2O3. The zero-order valence-corrected chi connectivity index (χ0v) is 6.24. The number of hydrogen-bond acceptors (Lipinski definition) is 3. The molecule has 2 atom stereocenters. The molecule has 5 nitrogen and oxygen atoms in total. The van der Waals surface area contributed by atoms with E-state index in [9.17, 15) is 14.9 Å². The van der Waals surface area contributed by atoms with Gasteiger partial charge in [-0.1, -0.05) is 0 Å². The van der Waals surface area contributed by atoms with Gasteiger partial charge < -0.3 is 5.32 Å². The van der Waals surface area contributed by atoms with E-state index in [0.717, 1.165) is 0 Å². The largest absolute Gasteiger partial charge is 0.347 e. The SMILES string of the molecule is C[C@@H]1NC(=O)CC[C@@H]1[N+](=O)[O-]. The van der Waals surface area contributed by atoms with Crippen molar-refractivity contribution in [2.45, 2.75) is 31.8 Å². The number of carbonyl (C=O) groups excluding carboxylic acids is 1. The standard InChI is InChI=1S/C6H10N2O3/c1-4-5(8(10)11)2-3-6(9)7-4/h4-5H,2-3H2,1H3,(H,7,9)/t4-,5-/m0/s1. The molecule has 1 heterocycles. The molecular weight excluding hydrogens is 148 g/mol. The van der Waals surface area contributed by atoms with E-state index in [1.165, 1.54) is 0 Å². The molecule has 0 bridgehead atoms. The van der Waals surface area contributed by atoms with E-state index < -0.39 is 6.04 Å². The van der Waals surface area contributed by atoms with Crippen LogP contribution in [0.1, 0.15) is 19.8 Å². The van der Waals surface area contributed by atoms with Gasteiger partial charge in [0.2, 0.25) is 11.9 Å². The second kappa shape index (κ2) is 2.86. The Bertz CT molecular complexity index is 192. The van der Waals surface area contributed by atoms with Gasteiger partial charge in [0.15, 0.2) is 0 Å². The van der Waals surface area contributed by atoms with Crippen LogP contribution in [0.15, 0.2) is 0 Å². The highest BCUT2D eigenvalue weighted by Gasteiger charge is 2.33. The average Bonchev–Trinajstić information content (AvgIpc) is 1.85. The van der Waals surface area contributed by atoms with Crippen LogP contribution in [-0.2, 0) is 4.79 Å². The number of nitro groups is 1. The molecule has 5 heteroatoms. The third-order valence-electron chi connectivity index (χ3n) is 1.90. The van der Waals surface area contributed by atoms with Crippen LogP contribution in [0.5, 0.6) is 0 Å². The second-order valence-corrected chi connectivity index (χ2v) is 2.75. The Kier molecular flexibility index (Phi) is 2.07. The van der Waals surface area contributed by atoms with Gasteiger partial charge >= 0.3 is 0 Å². The summed E-state index contributed by atoms with van der Waals surface area (Å²) in [5.41, 5.74) is 0. The summed E-state index contributed by atoms with van der Waals surface area (Å²) in [4.78, 5) is 20.7. The van der Waals surface area contributed by atoms with Crippen molar-refractivity contribution in [3.63, 3.8) is 0 Å². The van der Waals surface area contributed by atoms with Crippen molar-refractivity contribution in [3.8, 4) is 0 Å². The summed E-state index contributed by atoms with van der Waals surface area (Å²) < 4.78 is 0. The van der Waals surface area contributed by atoms with E-state index in [1.54, 1.807) is 6.92 Å². The molecule has 0 aliphatic carbocycles. The first-order valence-corrected chi connectivity index (χ1v) is 3.54. The zero-order valence-electron chi connectivity index (χ0n) is 6.24. The molecule has 1 saturated heterocycles. The summed E-state index contributed by atoms with van der Waals surface area (Å²) in [6.45, 7) is 1.66. The van der Waals surface area contributed by atoms with Crippen LogP contribution in [0.4, 0.5) is 0 Å². The molecule has 0 aromatic carbocycles. The lowest BCUT2D eigenvalue weighted by Crippen LogP contribution is -2.49. The maximum atomic E-state index is 10.7. The highest BCUT2D eigenvalue weighted by molar-refractivity contribution is 5.77. The summed E-state index contributed by atoms with van der Waals surface area (Å²) in [5.74, 6) is -0.0874. The van der Waals surface area contributed by atoms with Crippen molar-refractivity contribution in [2.24, 2.45) is 0 Å². The second-order valence-electron chi connectivity index (χ2n) is 2.75. The summed E-state index contributed by atoms with van der Waals surface area (Å²) in [6, 6.07) is -0.932. The van der Waals surface area contributed by atoms with Gasteiger partial charge in [-0.3, -0.25) is 14.9 Å². The lowest BCUT2D eigenvalue weighted by Gasteiger charge is -2.22. The number of carbonyl (C=O) groups is 1. The average molecular weight is 158 g/mol. The number of rotatable bonds is 1. The van der Waals surface area contributed by atoms with Crippen LogP contribution in [0, 0.1) is 10.1 Å². The summed E-state index contributed by atoms with van der Waals surface area (Å²) >= 11 is 0. The number of hydrogen-bond donors (Lipinski definition) is 1. The summed E-state index contributed by atoms with van der Waals surface area (Å²) in [7, 11) is 0. The van der Waals surface area contributed by atoms with Gasteiger partial charge in [0.05, 0.1) is 6.04 Å². The fourth-order valence-electron chi connectivity index (χ4n) is 1.24. The molecule has 0 aromatic rings. The van der Waals surface area contributed by atoms with E-state index in [4.69, 9.17) is 0 Å².